The Morgan fingerprint density at radius 3 is 2.74 bits per heavy atom. The van der Waals surface area contributed by atoms with Gasteiger partial charge in [-0.25, -0.2) is 9.97 Å². The number of hydrogen-bond acceptors (Lipinski definition) is 7. The van der Waals surface area contributed by atoms with E-state index in [1.807, 2.05) is 0 Å². The molecule has 7 nitrogen and oxygen atoms in total. The lowest BCUT2D eigenvalue weighted by atomic mass is 10.4. The van der Waals surface area contributed by atoms with Crippen LogP contribution in [-0.4, -0.2) is 19.9 Å². The zero-order valence-electron chi connectivity index (χ0n) is 9.70. The Balaban J connectivity index is 2.44. The van der Waals surface area contributed by atoms with Crippen molar-refractivity contribution in [2.24, 2.45) is 0 Å². The highest BCUT2D eigenvalue weighted by molar-refractivity contribution is 7.99. The Labute approximate surface area is 117 Å². The Morgan fingerprint density at radius 1 is 1.42 bits per heavy atom. The van der Waals surface area contributed by atoms with E-state index in [9.17, 15) is 10.1 Å². The standard InChI is InChI=1S/C10H8ClN5O2S/c1-5-8(16(17)18)9(15-10(12)14-5)19-7-3-2-6(11)4-13-7/h2-4H,1H3,(H2,12,14,15). The highest BCUT2D eigenvalue weighted by Crippen LogP contribution is 2.34. The van der Waals surface area contributed by atoms with Gasteiger partial charge in [0.05, 0.1) is 9.95 Å². The quantitative estimate of drug-likeness (QED) is 0.526. The van der Waals surface area contributed by atoms with Crippen LogP contribution < -0.4 is 5.73 Å². The summed E-state index contributed by atoms with van der Waals surface area (Å²) in [5.74, 6) is -0.0143. The van der Waals surface area contributed by atoms with Gasteiger partial charge in [0, 0.05) is 6.20 Å². The van der Waals surface area contributed by atoms with Crippen molar-refractivity contribution in [1.29, 1.82) is 0 Å². The first-order chi connectivity index (χ1) is 8.97. The molecule has 0 spiro atoms. The third kappa shape index (κ3) is 3.09. The molecule has 0 unspecified atom stereocenters. The summed E-state index contributed by atoms with van der Waals surface area (Å²) in [4.78, 5) is 22.2. The smallest absolute Gasteiger partial charge is 0.322 e. The summed E-state index contributed by atoms with van der Waals surface area (Å²) < 4.78 is 0. The number of aromatic nitrogens is 3. The number of rotatable bonds is 3. The molecule has 2 rings (SSSR count). The second kappa shape index (κ2) is 5.37. The van der Waals surface area contributed by atoms with Crippen molar-refractivity contribution in [2.45, 2.75) is 17.0 Å². The van der Waals surface area contributed by atoms with Crippen LogP contribution in [0.3, 0.4) is 0 Å². The Kier molecular flexibility index (Phi) is 3.82. The Hall–Kier alpha value is -1.93. The van der Waals surface area contributed by atoms with Gasteiger partial charge in [-0.2, -0.15) is 4.98 Å². The van der Waals surface area contributed by atoms with E-state index in [-0.39, 0.29) is 22.4 Å². The molecular formula is C10H8ClN5O2S. The van der Waals surface area contributed by atoms with Crippen molar-refractivity contribution in [2.75, 3.05) is 5.73 Å². The molecule has 2 heterocycles. The maximum atomic E-state index is 11.0. The third-order valence-corrected chi connectivity index (χ3v) is 3.28. The molecule has 0 aliphatic heterocycles. The van der Waals surface area contributed by atoms with Crippen LogP contribution in [0.25, 0.3) is 0 Å². The number of nitrogen functional groups attached to an aromatic ring is 1. The zero-order chi connectivity index (χ0) is 14.0. The molecule has 0 bridgehead atoms. The molecule has 2 aromatic heterocycles. The van der Waals surface area contributed by atoms with Crippen molar-refractivity contribution < 1.29 is 4.92 Å². The molecule has 2 N–H and O–H groups in total. The van der Waals surface area contributed by atoms with Crippen LogP contribution >= 0.6 is 23.4 Å². The summed E-state index contributed by atoms with van der Waals surface area (Å²) in [5.41, 5.74) is 5.55. The van der Waals surface area contributed by atoms with Gasteiger partial charge in [0.15, 0.2) is 5.03 Å². The van der Waals surface area contributed by atoms with E-state index < -0.39 is 4.92 Å². The number of pyridine rings is 1. The zero-order valence-corrected chi connectivity index (χ0v) is 11.3. The molecule has 0 amide bonds. The highest BCUT2D eigenvalue weighted by Gasteiger charge is 2.22. The molecular weight excluding hydrogens is 290 g/mol. The summed E-state index contributed by atoms with van der Waals surface area (Å²) in [6.07, 6.45) is 1.45. The molecule has 0 saturated carbocycles. The van der Waals surface area contributed by atoms with E-state index in [4.69, 9.17) is 17.3 Å². The number of nitro groups is 1. The van der Waals surface area contributed by atoms with Crippen molar-refractivity contribution in [1.82, 2.24) is 15.0 Å². The van der Waals surface area contributed by atoms with E-state index in [1.54, 1.807) is 12.1 Å². The molecule has 9 heteroatoms. The highest BCUT2D eigenvalue weighted by atomic mass is 35.5. The van der Waals surface area contributed by atoms with Gasteiger partial charge in [0.25, 0.3) is 0 Å². The van der Waals surface area contributed by atoms with Crippen LogP contribution in [0.2, 0.25) is 5.02 Å². The monoisotopic (exact) mass is 297 g/mol. The maximum Gasteiger partial charge on any atom is 0.322 e. The van der Waals surface area contributed by atoms with E-state index in [0.29, 0.717) is 10.0 Å². The number of nitrogens with two attached hydrogens (primary N) is 1. The van der Waals surface area contributed by atoms with Crippen LogP contribution in [0.15, 0.2) is 28.4 Å². The van der Waals surface area contributed by atoms with Gasteiger partial charge in [0.2, 0.25) is 5.95 Å². The normalized spacial score (nSPS) is 10.4. The average molecular weight is 298 g/mol. The average Bonchev–Trinajstić information content (AvgIpc) is 2.30. The van der Waals surface area contributed by atoms with Crippen LogP contribution in [0.4, 0.5) is 11.6 Å². The molecule has 0 radical (unpaired) electrons. The maximum absolute atomic E-state index is 11.0. The first kappa shape index (κ1) is 13.5. The molecule has 0 atom stereocenters. The lowest BCUT2D eigenvalue weighted by molar-refractivity contribution is -0.389. The summed E-state index contributed by atoms with van der Waals surface area (Å²) in [7, 11) is 0. The summed E-state index contributed by atoms with van der Waals surface area (Å²) in [5, 5.41) is 12.2. The van der Waals surface area contributed by atoms with Crippen LogP contribution in [0, 0.1) is 17.0 Å². The van der Waals surface area contributed by atoms with Crippen LogP contribution in [-0.2, 0) is 0 Å². The fourth-order valence-corrected chi connectivity index (χ4v) is 2.37. The minimum Gasteiger partial charge on any atom is -0.368 e. The second-order valence-electron chi connectivity index (χ2n) is 3.49. The molecule has 0 fully saturated rings. The topological polar surface area (TPSA) is 108 Å². The molecule has 98 valence electrons. The molecule has 0 aliphatic rings. The number of halogens is 1. The molecule has 19 heavy (non-hydrogen) atoms. The van der Waals surface area contributed by atoms with E-state index in [1.165, 1.54) is 13.1 Å². The molecule has 0 aliphatic carbocycles. The number of anilines is 1. The van der Waals surface area contributed by atoms with E-state index in [0.717, 1.165) is 11.8 Å². The van der Waals surface area contributed by atoms with Gasteiger partial charge in [0.1, 0.15) is 10.7 Å². The minimum absolute atomic E-state index is 0.0143. The fourth-order valence-electron chi connectivity index (χ4n) is 1.36. The lowest BCUT2D eigenvalue weighted by Gasteiger charge is -2.04. The SMILES string of the molecule is Cc1nc(N)nc(Sc2ccc(Cl)cn2)c1[N+](=O)[O-]. The van der Waals surface area contributed by atoms with Crippen molar-refractivity contribution in [3.05, 3.63) is 39.2 Å². The fraction of sp³-hybridized carbons (Fsp3) is 0.100. The summed E-state index contributed by atoms with van der Waals surface area (Å²) >= 11 is 6.76. The molecule has 0 aromatic carbocycles. The number of aryl methyl sites for hydroxylation is 1. The van der Waals surface area contributed by atoms with Crippen molar-refractivity contribution >= 4 is 35.0 Å². The van der Waals surface area contributed by atoms with Crippen molar-refractivity contribution in [3.8, 4) is 0 Å². The first-order valence-corrected chi connectivity index (χ1v) is 6.24. The van der Waals surface area contributed by atoms with Gasteiger partial charge >= 0.3 is 5.69 Å². The van der Waals surface area contributed by atoms with Crippen LogP contribution in [0.1, 0.15) is 5.69 Å². The summed E-state index contributed by atoms with van der Waals surface area (Å²) in [6.45, 7) is 1.51. The van der Waals surface area contributed by atoms with Gasteiger partial charge in [-0.05, 0) is 30.8 Å². The Bertz CT molecular complexity index is 635. The number of hydrogen-bond donors (Lipinski definition) is 1. The predicted octanol–water partition coefficient (Wildman–Crippen LogP) is 2.48. The Morgan fingerprint density at radius 2 is 2.16 bits per heavy atom. The largest absolute Gasteiger partial charge is 0.368 e. The van der Waals surface area contributed by atoms with Crippen molar-refractivity contribution in [3.63, 3.8) is 0 Å². The van der Waals surface area contributed by atoms with E-state index in [2.05, 4.69) is 15.0 Å². The van der Waals surface area contributed by atoms with Gasteiger partial charge in [-0.3, -0.25) is 10.1 Å². The van der Waals surface area contributed by atoms with Gasteiger partial charge < -0.3 is 5.73 Å². The first-order valence-electron chi connectivity index (χ1n) is 5.05. The molecule has 2 aromatic rings. The lowest BCUT2D eigenvalue weighted by Crippen LogP contribution is -2.04. The van der Waals surface area contributed by atoms with Gasteiger partial charge in [-0.1, -0.05) is 11.6 Å². The van der Waals surface area contributed by atoms with Gasteiger partial charge in [-0.15, -0.1) is 0 Å². The molecule has 0 saturated heterocycles. The third-order valence-electron chi connectivity index (χ3n) is 2.13. The van der Waals surface area contributed by atoms with E-state index >= 15 is 0 Å². The second-order valence-corrected chi connectivity index (χ2v) is 4.94. The predicted molar refractivity (Wildman–Crippen MR) is 71.2 cm³/mol. The summed E-state index contributed by atoms with van der Waals surface area (Å²) in [6, 6.07) is 3.28. The number of nitrogens with zero attached hydrogens (tertiary/aromatic N) is 4. The van der Waals surface area contributed by atoms with Crippen LogP contribution in [0.5, 0.6) is 0 Å². The minimum atomic E-state index is -0.535.